The van der Waals surface area contributed by atoms with Gasteiger partial charge in [-0.2, -0.15) is 8.78 Å². The first-order valence-corrected chi connectivity index (χ1v) is 7.90. The number of hydrogen-bond donors (Lipinski definition) is 1. The molecule has 0 aliphatic heterocycles. The van der Waals surface area contributed by atoms with Gasteiger partial charge in [0.2, 0.25) is 0 Å². The molecular formula is C19H17F2NO4. The Morgan fingerprint density at radius 3 is 2.58 bits per heavy atom. The summed E-state index contributed by atoms with van der Waals surface area (Å²) in [6.45, 7) is -1.18. The maximum Gasteiger partial charge on any atom is 0.387 e. The predicted molar refractivity (Wildman–Crippen MR) is 91.7 cm³/mol. The van der Waals surface area contributed by atoms with Gasteiger partial charge < -0.3 is 19.2 Å². The molecule has 0 aliphatic carbocycles. The number of carbonyl (C=O) groups is 1. The largest absolute Gasteiger partial charge is 0.493 e. The summed E-state index contributed by atoms with van der Waals surface area (Å²) in [5.41, 5.74) is 0.991. The molecule has 2 aromatic carbocycles. The molecule has 0 unspecified atom stereocenters. The minimum atomic E-state index is -2.98. The van der Waals surface area contributed by atoms with E-state index in [0.717, 1.165) is 11.0 Å². The maximum atomic E-state index is 12.4. The van der Waals surface area contributed by atoms with Crippen LogP contribution in [0.4, 0.5) is 8.78 Å². The number of hydrogen-bond acceptors (Lipinski definition) is 4. The van der Waals surface area contributed by atoms with Crippen molar-refractivity contribution in [3.05, 3.63) is 59.9 Å². The zero-order valence-corrected chi connectivity index (χ0v) is 14.2. The van der Waals surface area contributed by atoms with E-state index in [1.807, 2.05) is 30.3 Å². The van der Waals surface area contributed by atoms with Crippen LogP contribution < -0.4 is 14.8 Å². The first-order valence-electron chi connectivity index (χ1n) is 7.90. The fraction of sp³-hybridized carbons (Fsp3) is 0.211. The van der Waals surface area contributed by atoms with Crippen molar-refractivity contribution >= 4 is 16.9 Å². The van der Waals surface area contributed by atoms with Gasteiger partial charge in [-0.1, -0.05) is 18.2 Å². The van der Waals surface area contributed by atoms with Crippen LogP contribution in [0.25, 0.3) is 11.0 Å². The van der Waals surface area contributed by atoms with Gasteiger partial charge in [-0.05, 0) is 37.3 Å². The van der Waals surface area contributed by atoms with E-state index in [4.69, 9.17) is 9.15 Å². The molecule has 0 radical (unpaired) electrons. The number of halogens is 2. The van der Waals surface area contributed by atoms with E-state index in [0.29, 0.717) is 5.76 Å². The molecular weight excluding hydrogens is 344 g/mol. The number of ether oxygens (including phenoxy) is 2. The average molecular weight is 361 g/mol. The highest BCUT2D eigenvalue weighted by atomic mass is 19.3. The van der Waals surface area contributed by atoms with Gasteiger partial charge in [0.15, 0.2) is 11.5 Å². The number of para-hydroxylation sites is 1. The summed E-state index contributed by atoms with van der Waals surface area (Å²) >= 11 is 0. The number of carbonyl (C=O) groups excluding carboxylic acids is 1. The lowest BCUT2D eigenvalue weighted by molar-refractivity contribution is -0.0512. The van der Waals surface area contributed by atoms with Crippen LogP contribution in [0.1, 0.15) is 29.1 Å². The van der Waals surface area contributed by atoms with Crippen LogP contribution in [0.15, 0.2) is 52.9 Å². The molecule has 0 saturated carbocycles. The average Bonchev–Trinajstić information content (AvgIpc) is 3.05. The standard InChI is InChI=1S/C19H17F2NO4/c1-11(16-9-12-5-3-4-6-14(12)25-16)22-18(23)13-7-8-15(26-19(20)21)17(10-13)24-2/h3-11,19H,1-2H3,(H,22,23)/t11-/m1/s1. The summed E-state index contributed by atoms with van der Waals surface area (Å²) in [6.07, 6.45) is 0. The second-order valence-corrected chi connectivity index (χ2v) is 5.63. The van der Waals surface area contributed by atoms with E-state index in [1.54, 1.807) is 6.92 Å². The smallest absolute Gasteiger partial charge is 0.387 e. The van der Waals surface area contributed by atoms with Crippen LogP contribution in [-0.2, 0) is 0 Å². The SMILES string of the molecule is COc1cc(C(=O)N[C@H](C)c2cc3ccccc3o2)ccc1OC(F)F. The van der Waals surface area contributed by atoms with Crippen molar-refractivity contribution < 1.29 is 27.5 Å². The Bertz CT molecular complexity index is 890. The highest BCUT2D eigenvalue weighted by molar-refractivity contribution is 5.95. The van der Waals surface area contributed by atoms with Crippen molar-refractivity contribution in [2.24, 2.45) is 0 Å². The van der Waals surface area contributed by atoms with Crippen LogP contribution >= 0.6 is 0 Å². The lowest BCUT2D eigenvalue weighted by atomic mass is 10.1. The zero-order chi connectivity index (χ0) is 18.7. The molecule has 1 N–H and O–H groups in total. The molecule has 5 nitrogen and oxygen atoms in total. The van der Waals surface area contributed by atoms with Gasteiger partial charge in [-0.15, -0.1) is 0 Å². The molecule has 1 amide bonds. The lowest BCUT2D eigenvalue weighted by Crippen LogP contribution is -2.26. The fourth-order valence-electron chi connectivity index (χ4n) is 2.57. The molecule has 1 heterocycles. The monoisotopic (exact) mass is 361 g/mol. The van der Waals surface area contributed by atoms with E-state index in [2.05, 4.69) is 10.1 Å². The summed E-state index contributed by atoms with van der Waals surface area (Å²) < 4.78 is 39.8. The fourth-order valence-corrected chi connectivity index (χ4v) is 2.57. The Hall–Kier alpha value is -3.09. The number of fused-ring (bicyclic) bond motifs is 1. The molecule has 1 aromatic heterocycles. The van der Waals surface area contributed by atoms with Crippen molar-refractivity contribution in [1.82, 2.24) is 5.32 Å². The Morgan fingerprint density at radius 2 is 1.88 bits per heavy atom. The summed E-state index contributed by atoms with van der Waals surface area (Å²) in [5.74, 6) is 0.141. The third-order valence-corrected chi connectivity index (χ3v) is 3.86. The summed E-state index contributed by atoms with van der Waals surface area (Å²) in [7, 11) is 1.31. The number of benzene rings is 2. The molecule has 136 valence electrons. The van der Waals surface area contributed by atoms with Gasteiger partial charge in [0.05, 0.1) is 13.2 Å². The number of alkyl halides is 2. The number of methoxy groups -OCH3 is 1. The third-order valence-electron chi connectivity index (χ3n) is 3.86. The van der Waals surface area contributed by atoms with Crippen molar-refractivity contribution in [1.29, 1.82) is 0 Å². The third kappa shape index (κ3) is 3.77. The van der Waals surface area contributed by atoms with Gasteiger partial charge in [0.1, 0.15) is 11.3 Å². The minimum Gasteiger partial charge on any atom is -0.493 e. The van der Waals surface area contributed by atoms with Gasteiger partial charge in [-0.25, -0.2) is 0 Å². The predicted octanol–water partition coefficient (Wildman–Crippen LogP) is 4.53. The molecule has 7 heteroatoms. The highest BCUT2D eigenvalue weighted by Crippen LogP contribution is 2.30. The lowest BCUT2D eigenvalue weighted by Gasteiger charge is -2.14. The number of amides is 1. The van der Waals surface area contributed by atoms with Gasteiger partial charge in [0.25, 0.3) is 5.91 Å². The van der Waals surface area contributed by atoms with Crippen molar-refractivity contribution in [2.45, 2.75) is 19.6 Å². The Balaban J connectivity index is 1.76. The van der Waals surface area contributed by atoms with Gasteiger partial charge in [-0.3, -0.25) is 4.79 Å². The summed E-state index contributed by atoms with van der Waals surface area (Å²) in [5, 5.41) is 3.75. The zero-order valence-electron chi connectivity index (χ0n) is 14.2. The Labute approximate surface area is 148 Å². The van der Waals surface area contributed by atoms with Crippen molar-refractivity contribution in [2.75, 3.05) is 7.11 Å². The van der Waals surface area contributed by atoms with Crippen LogP contribution in [0.2, 0.25) is 0 Å². The summed E-state index contributed by atoms with van der Waals surface area (Å²) in [4.78, 5) is 12.4. The Kier molecular flexibility index (Phi) is 5.06. The molecule has 0 fully saturated rings. The van der Waals surface area contributed by atoms with Crippen LogP contribution in [-0.4, -0.2) is 19.6 Å². The molecule has 3 aromatic rings. The van der Waals surface area contributed by atoms with Crippen molar-refractivity contribution in [3.63, 3.8) is 0 Å². The first kappa shape index (κ1) is 17.7. The normalized spacial score (nSPS) is 12.2. The topological polar surface area (TPSA) is 60.7 Å². The molecule has 0 aliphatic rings. The molecule has 0 saturated heterocycles. The van der Waals surface area contributed by atoms with E-state index < -0.39 is 6.61 Å². The Morgan fingerprint density at radius 1 is 1.12 bits per heavy atom. The first-order chi connectivity index (χ1) is 12.5. The van der Waals surface area contributed by atoms with Crippen LogP contribution in [0.5, 0.6) is 11.5 Å². The van der Waals surface area contributed by atoms with Crippen LogP contribution in [0, 0.1) is 0 Å². The minimum absolute atomic E-state index is 0.0503. The number of furan rings is 1. The molecule has 0 spiro atoms. The highest BCUT2D eigenvalue weighted by Gasteiger charge is 2.18. The van der Waals surface area contributed by atoms with Crippen LogP contribution in [0.3, 0.4) is 0 Å². The summed E-state index contributed by atoms with van der Waals surface area (Å²) in [6, 6.07) is 13.0. The quantitative estimate of drug-likeness (QED) is 0.701. The second-order valence-electron chi connectivity index (χ2n) is 5.63. The number of nitrogens with one attached hydrogen (secondary N) is 1. The van der Waals surface area contributed by atoms with E-state index in [9.17, 15) is 13.6 Å². The molecule has 0 bridgehead atoms. The second kappa shape index (κ2) is 7.43. The van der Waals surface area contributed by atoms with Gasteiger partial charge in [0, 0.05) is 10.9 Å². The maximum absolute atomic E-state index is 12.4. The number of rotatable bonds is 6. The molecule has 1 atom stereocenters. The van der Waals surface area contributed by atoms with E-state index in [-0.39, 0.29) is 29.0 Å². The van der Waals surface area contributed by atoms with Gasteiger partial charge >= 0.3 is 6.61 Å². The molecule has 3 rings (SSSR count). The molecule has 26 heavy (non-hydrogen) atoms. The van der Waals surface area contributed by atoms with Crippen molar-refractivity contribution in [3.8, 4) is 11.5 Å². The van der Waals surface area contributed by atoms with E-state index in [1.165, 1.54) is 25.3 Å². The van der Waals surface area contributed by atoms with E-state index >= 15 is 0 Å².